The number of hydrogen-bond donors (Lipinski definition) is 0. The van der Waals surface area contributed by atoms with E-state index in [1.54, 1.807) is 22.1 Å². The standard InChI is InChI=1S/C14H19N5O2S/c1-17(22(20,21)12-2-3-12)8-11-9-18(10-11)14-5-4-13-15-6-7-19(13)16-14/h4-7,11-12H,2-3,8-10H2,1H3. The number of hydrogen-bond acceptors (Lipinski definition) is 5. The van der Waals surface area contributed by atoms with E-state index in [2.05, 4.69) is 15.0 Å². The second kappa shape index (κ2) is 4.92. The quantitative estimate of drug-likeness (QED) is 0.806. The van der Waals surface area contributed by atoms with E-state index in [9.17, 15) is 8.42 Å². The van der Waals surface area contributed by atoms with Gasteiger partial charge in [0.15, 0.2) is 5.65 Å². The lowest BCUT2D eigenvalue weighted by molar-refractivity contribution is 0.325. The van der Waals surface area contributed by atoms with E-state index in [4.69, 9.17) is 0 Å². The first kappa shape index (κ1) is 14.0. The number of nitrogens with zero attached hydrogens (tertiary/aromatic N) is 5. The first-order chi connectivity index (χ1) is 10.5. The van der Waals surface area contributed by atoms with Gasteiger partial charge in [0.2, 0.25) is 10.0 Å². The minimum Gasteiger partial charge on any atom is -0.354 e. The van der Waals surface area contributed by atoms with Crippen molar-refractivity contribution in [1.29, 1.82) is 0 Å². The van der Waals surface area contributed by atoms with Crippen LogP contribution in [0.1, 0.15) is 12.8 Å². The van der Waals surface area contributed by atoms with Crippen LogP contribution in [-0.4, -0.2) is 59.3 Å². The van der Waals surface area contributed by atoms with E-state index in [0.29, 0.717) is 12.5 Å². The van der Waals surface area contributed by atoms with Gasteiger partial charge >= 0.3 is 0 Å². The zero-order valence-electron chi connectivity index (χ0n) is 12.5. The molecule has 2 aliphatic rings. The summed E-state index contributed by atoms with van der Waals surface area (Å²) >= 11 is 0. The number of fused-ring (bicyclic) bond motifs is 1. The molecular formula is C14H19N5O2S. The molecule has 2 aromatic rings. The fourth-order valence-corrected chi connectivity index (χ4v) is 4.59. The van der Waals surface area contributed by atoms with E-state index in [-0.39, 0.29) is 5.25 Å². The van der Waals surface area contributed by atoms with Gasteiger partial charge in [-0.25, -0.2) is 22.2 Å². The zero-order valence-corrected chi connectivity index (χ0v) is 13.3. The fourth-order valence-electron chi connectivity index (χ4n) is 2.93. The molecule has 3 heterocycles. The molecule has 1 aliphatic heterocycles. The molecule has 2 aromatic heterocycles. The second-order valence-electron chi connectivity index (χ2n) is 6.22. The maximum absolute atomic E-state index is 12.1. The number of aromatic nitrogens is 3. The van der Waals surface area contributed by atoms with Crippen molar-refractivity contribution >= 4 is 21.5 Å². The Labute approximate surface area is 129 Å². The Bertz CT molecular complexity index is 792. The third-order valence-electron chi connectivity index (χ3n) is 4.42. The summed E-state index contributed by atoms with van der Waals surface area (Å²) in [6.07, 6.45) is 5.19. The third kappa shape index (κ3) is 2.36. The predicted octanol–water partition coefficient (Wildman–Crippen LogP) is 0.589. The highest BCUT2D eigenvalue weighted by Gasteiger charge is 2.40. The van der Waals surface area contributed by atoms with Crippen molar-refractivity contribution in [3.63, 3.8) is 0 Å². The number of rotatable bonds is 5. The minimum atomic E-state index is -3.05. The molecule has 0 atom stereocenters. The van der Waals surface area contributed by atoms with Crippen molar-refractivity contribution in [2.75, 3.05) is 31.6 Å². The lowest BCUT2D eigenvalue weighted by atomic mass is 10.0. The number of sulfonamides is 1. The second-order valence-corrected chi connectivity index (χ2v) is 8.54. The SMILES string of the molecule is CN(CC1CN(c2ccc3nccn3n2)C1)S(=O)(=O)C1CC1. The summed E-state index contributed by atoms with van der Waals surface area (Å²) in [5, 5.41) is 4.38. The van der Waals surface area contributed by atoms with Crippen LogP contribution < -0.4 is 4.90 Å². The van der Waals surface area contributed by atoms with Crippen LogP contribution in [0.15, 0.2) is 24.5 Å². The average Bonchev–Trinajstić information content (AvgIpc) is 3.21. The van der Waals surface area contributed by atoms with Gasteiger partial charge in [-0.1, -0.05) is 0 Å². The number of anilines is 1. The molecule has 118 valence electrons. The largest absolute Gasteiger partial charge is 0.354 e. The highest BCUT2D eigenvalue weighted by atomic mass is 32.2. The molecule has 0 N–H and O–H groups in total. The van der Waals surface area contributed by atoms with Gasteiger partial charge < -0.3 is 4.90 Å². The normalized spacial score (nSPS) is 19.8. The summed E-state index contributed by atoms with van der Waals surface area (Å²) in [7, 11) is -1.35. The predicted molar refractivity (Wildman–Crippen MR) is 83.3 cm³/mol. The van der Waals surface area contributed by atoms with E-state index in [1.807, 2.05) is 18.3 Å². The molecule has 4 rings (SSSR count). The van der Waals surface area contributed by atoms with E-state index in [0.717, 1.165) is 37.4 Å². The van der Waals surface area contributed by atoms with Gasteiger partial charge in [0.05, 0.1) is 5.25 Å². The smallest absolute Gasteiger partial charge is 0.216 e. The third-order valence-corrected chi connectivity index (χ3v) is 6.75. The Morgan fingerprint density at radius 2 is 2.09 bits per heavy atom. The molecule has 1 saturated heterocycles. The van der Waals surface area contributed by atoms with Crippen molar-refractivity contribution in [3.8, 4) is 0 Å². The van der Waals surface area contributed by atoms with E-state index >= 15 is 0 Å². The Balaban J connectivity index is 1.37. The van der Waals surface area contributed by atoms with Crippen LogP contribution >= 0.6 is 0 Å². The maximum atomic E-state index is 12.1. The molecular weight excluding hydrogens is 302 g/mol. The summed E-state index contributed by atoms with van der Waals surface area (Å²) in [5.41, 5.74) is 0.830. The van der Waals surface area contributed by atoms with Crippen LogP contribution in [0.4, 0.5) is 5.82 Å². The zero-order chi connectivity index (χ0) is 15.3. The lowest BCUT2D eigenvalue weighted by Gasteiger charge is -2.41. The topological polar surface area (TPSA) is 70.8 Å². The van der Waals surface area contributed by atoms with Crippen LogP contribution in [0, 0.1) is 5.92 Å². The molecule has 8 heteroatoms. The van der Waals surface area contributed by atoms with Gasteiger partial charge in [0.1, 0.15) is 5.82 Å². The Morgan fingerprint density at radius 1 is 1.32 bits per heavy atom. The van der Waals surface area contributed by atoms with Crippen molar-refractivity contribution in [1.82, 2.24) is 18.9 Å². The van der Waals surface area contributed by atoms with Crippen molar-refractivity contribution in [2.45, 2.75) is 18.1 Å². The summed E-state index contributed by atoms with van der Waals surface area (Å²) < 4.78 is 27.5. The summed E-state index contributed by atoms with van der Waals surface area (Å²) in [5.74, 6) is 1.29. The molecule has 0 aromatic carbocycles. The molecule has 0 amide bonds. The minimum absolute atomic E-state index is 0.126. The van der Waals surface area contributed by atoms with Gasteiger partial charge in [-0.2, -0.15) is 0 Å². The van der Waals surface area contributed by atoms with E-state index in [1.165, 1.54) is 0 Å². The molecule has 0 unspecified atom stereocenters. The first-order valence-corrected chi connectivity index (χ1v) is 9.05. The average molecular weight is 321 g/mol. The van der Waals surface area contributed by atoms with Crippen LogP contribution in [-0.2, 0) is 10.0 Å². The van der Waals surface area contributed by atoms with Gasteiger partial charge in [-0.15, -0.1) is 5.10 Å². The van der Waals surface area contributed by atoms with Gasteiger partial charge in [-0.3, -0.25) is 0 Å². The summed E-state index contributed by atoms with van der Waals surface area (Å²) in [6, 6.07) is 3.91. The summed E-state index contributed by atoms with van der Waals surface area (Å²) in [4.78, 5) is 6.34. The Hall–Kier alpha value is -1.67. The molecule has 0 bridgehead atoms. The highest BCUT2D eigenvalue weighted by molar-refractivity contribution is 7.90. The molecule has 0 spiro atoms. The van der Waals surface area contributed by atoms with Crippen LogP contribution in [0.25, 0.3) is 5.65 Å². The van der Waals surface area contributed by atoms with Gasteiger partial charge in [0, 0.05) is 45.0 Å². The molecule has 2 fully saturated rings. The Morgan fingerprint density at radius 3 is 2.82 bits per heavy atom. The van der Waals surface area contributed by atoms with Gasteiger partial charge in [0.25, 0.3) is 0 Å². The lowest BCUT2D eigenvalue weighted by Crippen LogP contribution is -2.52. The van der Waals surface area contributed by atoms with Crippen LogP contribution in [0.5, 0.6) is 0 Å². The maximum Gasteiger partial charge on any atom is 0.216 e. The molecule has 1 aliphatic carbocycles. The van der Waals surface area contributed by atoms with Crippen LogP contribution in [0.2, 0.25) is 0 Å². The monoisotopic (exact) mass is 321 g/mol. The van der Waals surface area contributed by atoms with Crippen LogP contribution in [0.3, 0.4) is 0 Å². The van der Waals surface area contributed by atoms with E-state index < -0.39 is 10.0 Å². The summed E-state index contributed by atoms with van der Waals surface area (Å²) in [6.45, 7) is 2.29. The molecule has 22 heavy (non-hydrogen) atoms. The van der Waals surface area contributed by atoms with Crippen molar-refractivity contribution in [2.24, 2.45) is 5.92 Å². The highest BCUT2D eigenvalue weighted by Crippen LogP contribution is 2.31. The molecule has 1 saturated carbocycles. The van der Waals surface area contributed by atoms with Gasteiger partial charge in [-0.05, 0) is 25.0 Å². The number of imidazole rings is 1. The van der Waals surface area contributed by atoms with Crippen molar-refractivity contribution in [3.05, 3.63) is 24.5 Å². The Kier molecular flexibility index (Phi) is 3.12. The molecule has 0 radical (unpaired) electrons. The van der Waals surface area contributed by atoms with Crippen molar-refractivity contribution < 1.29 is 8.42 Å². The fraction of sp³-hybridized carbons (Fsp3) is 0.571. The molecule has 7 nitrogen and oxygen atoms in total. The first-order valence-electron chi connectivity index (χ1n) is 7.54.